The van der Waals surface area contributed by atoms with Gasteiger partial charge in [-0.2, -0.15) is 0 Å². The number of H-pyrrole nitrogens is 1. The highest BCUT2D eigenvalue weighted by molar-refractivity contribution is 9.10. The van der Waals surface area contributed by atoms with Crippen molar-refractivity contribution in [2.24, 2.45) is 0 Å². The van der Waals surface area contributed by atoms with Gasteiger partial charge >= 0.3 is 5.97 Å². The quantitative estimate of drug-likeness (QED) is 0.695. The Morgan fingerprint density at radius 2 is 2.09 bits per heavy atom. The van der Waals surface area contributed by atoms with Gasteiger partial charge in [0.2, 0.25) is 0 Å². The highest BCUT2D eigenvalue weighted by Gasteiger charge is 2.20. The fourth-order valence-electron chi connectivity index (χ4n) is 2.82. The first-order valence-corrected chi connectivity index (χ1v) is 8.23. The van der Waals surface area contributed by atoms with E-state index < -0.39 is 5.97 Å². The second-order valence-electron chi connectivity index (χ2n) is 5.72. The largest absolute Gasteiger partial charge is 0.481 e. The summed E-state index contributed by atoms with van der Waals surface area (Å²) in [6.45, 7) is 2.04. The fourth-order valence-corrected chi connectivity index (χ4v) is 3.42. The standard InChI is InChI=1S/C18H17BrN2O2/c1-11-6-7-15-16(8-11)21-17(20-15)9-12(10-18(22)23)13-4-2-3-5-14(13)19/h2-8,12H,9-10H2,1H3,(H,20,21)(H,22,23). The topological polar surface area (TPSA) is 66.0 Å². The van der Waals surface area contributed by atoms with Crippen LogP contribution in [-0.2, 0) is 11.2 Å². The van der Waals surface area contributed by atoms with Crippen molar-refractivity contribution in [2.75, 3.05) is 0 Å². The molecule has 0 saturated carbocycles. The zero-order valence-electron chi connectivity index (χ0n) is 12.7. The van der Waals surface area contributed by atoms with Gasteiger partial charge in [0.1, 0.15) is 5.82 Å². The highest BCUT2D eigenvalue weighted by atomic mass is 79.9. The molecule has 4 nitrogen and oxygen atoms in total. The van der Waals surface area contributed by atoms with Gasteiger partial charge in [-0.3, -0.25) is 4.79 Å². The Morgan fingerprint density at radius 3 is 2.83 bits per heavy atom. The molecule has 0 spiro atoms. The third kappa shape index (κ3) is 3.62. The number of nitrogens with zero attached hydrogens (tertiary/aromatic N) is 1. The van der Waals surface area contributed by atoms with E-state index in [0.717, 1.165) is 26.9 Å². The molecule has 1 heterocycles. The molecule has 1 unspecified atom stereocenters. The van der Waals surface area contributed by atoms with Gasteiger partial charge in [0.15, 0.2) is 0 Å². The van der Waals surface area contributed by atoms with Crippen LogP contribution in [0.4, 0.5) is 0 Å². The maximum atomic E-state index is 11.3. The van der Waals surface area contributed by atoms with Crippen molar-refractivity contribution < 1.29 is 9.90 Å². The average Bonchev–Trinajstić information content (AvgIpc) is 2.88. The first-order valence-electron chi connectivity index (χ1n) is 7.44. The van der Waals surface area contributed by atoms with Crippen LogP contribution < -0.4 is 0 Å². The van der Waals surface area contributed by atoms with Crippen LogP contribution in [-0.4, -0.2) is 21.0 Å². The van der Waals surface area contributed by atoms with Gasteiger partial charge in [-0.25, -0.2) is 4.98 Å². The second-order valence-corrected chi connectivity index (χ2v) is 6.58. The zero-order valence-corrected chi connectivity index (χ0v) is 14.3. The molecule has 1 aromatic heterocycles. The normalized spacial score (nSPS) is 12.4. The summed E-state index contributed by atoms with van der Waals surface area (Å²) in [6, 6.07) is 13.8. The van der Waals surface area contributed by atoms with E-state index in [4.69, 9.17) is 0 Å². The van der Waals surface area contributed by atoms with Crippen molar-refractivity contribution in [1.29, 1.82) is 0 Å². The lowest BCUT2D eigenvalue weighted by molar-refractivity contribution is -0.137. The lowest BCUT2D eigenvalue weighted by Gasteiger charge is -2.15. The third-order valence-corrected chi connectivity index (χ3v) is 4.61. The van der Waals surface area contributed by atoms with Gasteiger partial charge in [0.05, 0.1) is 17.5 Å². The van der Waals surface area contributed by atoms with E-state index in [2.05, 4.69) is 32.0 Å². The van der Waals surface area contributed by atoms with E-state index >= 15 is 0 Å². The number of rotatable bonds is 5. The predicted octanol–water partition coefficient (Wildman–Crippen LogP) is 4.43. The summed E-state index contributed by atoms with van der Waals surface area (Å²) >= 11 is 3.52. The molecule has 5 heteroatoms. The number of carboxylic acid groups (broad SMARTS) is 1. The number of hydrogen-bond acceptors (Lipinski definition) is 2. The molecule has 0 fully saturated rings. The Labute approximate surface area is 142 Å². The van der Waals surface area contributed by atoms with Crippen LogP contribution in [0, 0.1) is 6.92 Å². The number of aromatic nitrogens is 2. The summed E-state index contributed by atoms with van der Waals surface area (Å²) in [4.78, 5) is 19.2. The van der Waals surface area contributed by atoms with Crippen molar-refractivity contribution >= 4 is 32.9 Å². The number of aryl methyl sites for hydroxylation is 1. The molecule has 0 bridgehead atoms. The molecule has 118 valence electrons. The maximum Gasteiger partial charge on any atom is 0.303 e. The molecule has 2 aromatic carbocycles. The molecule has 2 N–H and O–H groups in total. The van der Waals surface area contributed by atoms with Crippen LogP contribution in [0.15, 0.2) is 46.9 Å². The number of fused-ring (bicyclic) bond motifs is 1. The van der Waals surface area contributed by atoms with E-state index in [-0.39, 0.29) is 12.3 Å². The predicted molar refractivity (Wildman–Crippen MR) is 93.7 cm³/mol. The van der Waals surface area contributed by atoms with Gasteiger partial charge in [-0.15, -0.1) is 0 Å². The average molecular weight is 373 g/mol. The minimum atomic E-state index is -0.808. The van der Waals surface area contributed by atoms with Crippen LogP contribution in [0.5, 0.6) is 0 Å². The molecule has 1 atom stereocenters. The van der Waals surface area contributed by atoms with Crippen molar-refractivity contribution in [3.05, 3.63) is 63.9 Å². The molecular weight excluding hydrogens is 356 g/mol. The van der Waals surface area contributed by atoms with Gasteiger partial charge in [-0.05, 0) is 36.2 Å². The summed E-state index contributed by atoms with van der Waals surface area (Å²) in [5.74, 6) is -0.130. The zero-order chi connectivity index (χ0) is 16.4. The van der Waals surface area contributed by atoms with E-state index in [1.807, 2.05) is 43.3 Å². The molecule has 0 aliphatic heterocycles. The van der Waals surface area contributed by atoms with E-state index in [0.29, 0.717) is 6.42 Å². The third-order valence-electron chi connectivity index (χ3n) is 3.89. The van der Waals surface area contributed by atoms with Crippen LogP contribution in [0.2, 0.25) is 0 Å². The molecule has 3 rings (SSSR count). The minimum absolute atomic E-state index is 0.0681. The van der Waals surface area contributed by atoms with Gasteiger partial charge < -0.3 is 10.1 Å². The van der Waals surface area contributed by atoms with Crippen LogP contribution in [0.25, 0.3) is 11.0 Å². The van der Waals surface area contributed by atoms with Gasteiger partial charge in [-0.1, -0.05) is 40.2 Å². The van der Waals surface area contributed by atoms with E-state index in [1.165, 1.54) is 5.56 Å². The van der Waals surface area contributed by atoms with Crippen LogP contribution >= 0.6 is 15.9 Å². The van der Waals surface area contributed by atoms with Gasteiger partial charge in [0, 0.05) is 16.8 Å². The lowest BCUT2D eigenvalue weighted by Crippen LogP contribution is -2.10. The second kappa shape index (κ2) is 6.54. The molecular formula is C18H17BrN2O2. The van der Waals surface area contributed by atoms with Gasteiger partial charge in [0.25, 0.3) is 0 Å². The van der Waals surface area contributed by atoms with Crippen LogP contribution in [0.3, 0.4) is 0 Å². The van der Waals surface area contributed by atoms with E-state index in [9.17, 15) is 9.90 Å². The first-order chi connectivity index (χ1) is 11.0. The van der Waals surface area contributed by atoms with E-state index in [1.54, 1.807) is 0 Å². The summed E-state index contributed by atoms with van der Waals surface area (Å²) in [5, 5.41) is 9.24. The van der Waals surface area contributed by atoms with Crippen molar-refractivity contribution in [1.82, 2.24) is 9.97 Å². The molecule has 3 aromatic rings. The molecule has 0 aliphatic rings. The number of halogens is 1. The fraction of sp³-hybridized carbons (Fsp3) is 0.222. The molecule has 0 amide bonds. The monoisotopic (exact) mass is 372 g/mol. The number of carboxylic acids is 1. The SMILES string of the molecule is Cc1ccc2nc(CC(CC(=O)O)c3ccccc3Br)[nH]c2c1. The molecule has 0 saturated heterocycles. The molecule has 0 radical (unpaired) electrons. The summed E-state index contributed by atoms with van der Waals surface area (Å²) in [5.41, 5.74) is 4.06. The maximum absolute atomic E-state index is 11.3. The van der Waals surface area contributed by atoms with Crippen molar-refractivity contribution in [3.63, 3.8) is 0 Å². The number of benzene rings is 2. The summed E-state index contributed by atoms with van der Waals surface area (Å²) < 4.78 is 0.929. The smallest absolute Gasteiger partial charge is 0.303 e. The Hall–Kier alpha value is -2.14. The Balaban J connectivity index is 1.93. The first kappa shape index (κ1) is 15.7. The Kier molecular flexibility index (Phi) is 4.48. The number of imidazole rings is 1. The number of nitrogens with one attached hydrogen (secondary N) is 1. The molecule has 0 aliphatic carbocycles. The molecule has 23 heavy (non-hydrogen) atoms. The van der Waals surface area contributed by atoms with Crippen LogP contribution in [0.1, 0.15) is 29.3 Å². The van der Waals surface area contributed by atoms with Crippen molar-refractivity contribution in [3.8, 4) is 0 Å². The number of carbonyl (C=O) groups is 1. The summed E-state index contributed by atoms with van der Waals surface area (Å²) in [7, 11) is 0. The minimum Gasteiger partial charge on any atom is -0.481 e. The summed E-state index contributed by atoms with van der Waals surface area (Å²) in [6.07, 6.45) is 0.626. The Morgan fingerprint density at radius 1 is 1.30 bits per heavy atom. The highest BCUT2D eigenvalue weighted by Crippen LogP contribution is 2.30. The lowest BCUT2D eigenvalue weighted by atomic mass is 9.92. The Bertz CT molecular complexity index is 857. The number of hydrogen-bond donors (Lipinski definition) is 2. The number of aliphatic carboxylic acids is 1. The number of aromatic amines is 1. The van der Waals surface area contributed by atoms with Crippen molar-refractivity contribution in [2.45, 2.75) is 25.7 Å².